The van der Waals surface area contributed by atoms with Crippen LogP contribution in [0, 0.1) is 0 Å². The summed E-state index contributed by atoms with van der Waals surface area (Å²) in [7, 11) is 1.68. The summed E-state index contributed by atoms with van der Waals surface area (Å²) in [6.07, 6.45) is 0.951. The average Bonchev–Trinajstić information content (AvgIpc) is 3.23. The summed E-state index contributed by atoms with van der Waals surface area (Å²) in [4.78, 5) is 0. The van der Waals surface area contributed by atoms with E-state index in [0.717, 1.165) is 47.1 Å². The van der Waals surface area contributed by atoms with Crippen LogP contribution in [-0.2, 0) is 13.0 Å². The van der Waals surface area contributed by atoms with Gasteiger partial charge in [0.25, 0.3) is 0 Å². The molecule has 3 aromatic rings. The second-order valence-electron chi connectivity index (χ2n) is 7.19. The van der Waals surface area contributed by atoms with E-state index in [2.05, 4.69) is 35.6 Å². The van der Waals surface area contributed by atoms with Gasteiger partial charge in [-0.2, -0.15) is 0 Å². The fourth-order valence-electron chi connectivity index (χ4n) is 4.03. The van der Waals surface area contributed by atoms with Crippen molar-refractivity contribution in [2.75, 3.05) is 20.4 Å². The summed E-state index contributed by atoms with van der Waals surface area (Å²) in [6, 6.07) is 20.4. The van der Waals surface area contributed by atoms with Gasteiger partial charge in [0, 0.05) is 12.1 Å². The van der Waals surface area contributed by atoms with E-state index in [0.29, 0.717) is 6.61 Å². The number of para-hydroxylation sites is 1. The van der Waals surface area contributed by atoms with E-state index in [-0.39, 0.29) is 12.8 Å². The molecule has 5 nitrogen and oxygen atoms in total. The molecule has 0 fully saturated rings. The lowest BCUT2D eigenvalue weighted by Gasteiger charge is -2.29. The molecule has 0 amide bonds. The van der Waals surface area contributed by atoms with E-state index >= 15 is 0 Å². The van der Waals surface area contributed by atoms with Crippen LogP contribution in [-0.4, -0.2) is 20.4 Å². The second-order valence-corrected chi connectivity index (χ2v) is 7.19. The van der Waals surface area contributed by atoms with Crippen LogP contribution < -0.4 is 24.3 Å². The maximum Gasteiger partial charge on any atom is 0.231 e. The molecular weight excluding hydrogens is 366 g/mol. The lowest BCUT2D eigenvalue weighted by molar-refractivity contribution is 0.174. The molecule has 3 aromatic carbocycles. The molecule has 1 N–H and O–H groups in total. The van der Waals surface area contributed by atoms with Crippen LogP contribution in [0.25, 0.3) is 0 Å². The summed E-state index contributed by atoms with van der Waals surface area (Å²) in [6.45, 7) is 1.64. The molecule has 0 spiro atoms. The number of ether oxygens (including phenoxy) is 4. The SMILES string of the molecule is COc1cccc(C2NCCc3cc4c(cc32)OCO4)c1OCc1ccccc1. The molecule has 2 aliphatic heterocycles. The first-order chi connectivity index (χ1) is 14.3. The first-order valence-corrected chi connectivity index (χ1v) is 9.83. The van der Waals surface area contributed by atoms with Crippen molar-refractivity contribution in [3.05, 3.63) is 82.9 Å². The third-order valence-electron chi connectivity index (χ3n) is 5.45. The van der Waals surface area contributed by atoms with Crippen molar-refractivity contribution < 1.29 is 18.9 Å². The van der Waals surface area contributed by atoms with Crippen LogP contribution in [0.3, 0.4) is 0 Å². The molecule has 1 unspecified atom stereocenters. The van der Waals surface area contributed by atoms with E-state index in [1.54, 1.807) is 7.11 Å². The number of hydrogen-bond acceptors (Lipinski definition) is 5. The zero-order valence-corrected chi connectivity index (χ0v) is 16.3. The Morgan fingerprint density at radius 1 is 0.966 bits per heavy atom. The van der Waals surface area contributed by atoms with Crippen molar-refractivity contribution in [3.63, 3.8) is 0 Å². The molecular formula is C24H23NO4. The Morgan fingerprint density at radius 3 is 2.62 bits per heavy atom. The maximum atomic E-state index is 6.29. The van der Waals surface area contributed by atoms with E-state index in [4.69, 9.17) is 18.9 Å². The van der Waals surface area contributed by atoms with Gasteiger partial charge < -0.3 is 24.3 Å². The molecule has 0 saturated carbocycles. The van der Waals surface area contributed by atoms with Gasteiger partial charge >= 0.3 is 0 Å². The van der Waals surface area contributed by atoms with Gasteiger partial charge in [-0.1, -0.05) is 42.5 Å². The predicted molar refractivity (Wildman–Crippen MR) is 110 cm³/mol. The highest BCUT2D eigenvalue weighted by Crippen LogP contribution is 2.43. The highest BCUT2D eigenvalue weighted by Gasteiger charge is 2.29. The van der Waals surface area contributed by atoms with Crippen molar-refractivity contribution in [2.24, 2.45) is 0 Å². The molecule has 0 aromatic heterocycles. The summed E-state index contributed by atoms with van der Waals surface area (Å²) in [5.74, 6) is 3.12. The number of methoxy groups -OCH3 is 1. The van der Waals surface area contributed by atoms with Gasteiger partial charge in [-0.05, 0) is 41.3 Å². The Hall–Kier alpha value is -3.18. The minimum Gasteiger partial charge on any atom is -0.493 e. The first kappa shape index (κ1) is 17.9. The second kappa shape index (κ2) is 7.68. The van der Waals surface area contributed by atoms with Gasteiger partial charge in [0.1, 0.15) is 6.61 Å². The van der Waals surface area contributed by atoms with Crippen molar-refractivity contribution in [3.8, 4) is 23.0 Å². The van der Waals surface area contributed by atoms with Crippen LogP contribution >= 0.6 is 0 Å². The minimum absolute atomic E-state index is 0.00544. The van der Waals surface area contributed by atoms with E-state index in [1.165, 1.54) is 11.1 Å². The molecule has 5 heteroatoms. The number of benzene rings is 3. The minimum atomic E-state index is -0.00544. The largest absolute Gasteiger partial charge is 0.493 e. The van der Waals surface area contributed by atoms with Gasteiger partial charge in [0.15, 0.2) is 23.0 Å². The van der Waals surface area contributed by atoms with Crippen LogP contribution in [0.1, 0.15) is 28.3 Å². The maximum absolute atomic E-state index is 6.29. The van der Waals surface area contributed by atoms with E-state index in [9.17, 15) is 0 Å². The van der Waals surface area contributed by atoms with Crippen LogP contribution in [0.2, 0.25) is 0 Å². The topological polar surface area (TPSA) is 49.0 Å². The Bertz CT molecular complexity index is 1020. The van der Waals surface area contributed by atoms with Gasteiger partial charge in [-0.3, -0.25) is 0 Å². The standard InChI is InChI=1S/C24H23NO4/c1-26-20-9-5-8-18(24(20)27-14-16-6-3-2-4-7-16)23-19-13-22-21(28-15-29-22)12-17(19)10-11-25-23/h2-9,12-13,23,25H,10-11,14-15H2,1H3. The number of nitrogens with one attached hydrogen (secondary N) is 1. The molecule has 2 aliphatic rings. The Kier molecular flexibility index (Phi) is 4.74. The Balaban J connectivity index is 1.53. The molecule has 29 heavy (non-hydrogen) atoms. The predicted octanol–water partition coefficient (Wildman–Crippen LogP) is 4.24. The van der Waals surface area contributed by atoms with E-state index < -0.39 is 0 Å². The Morgan fingerprint density at radius 2 is 1.79 bits per heavy atom. The quantitative estimate of drug-likeness (QED) is 0.707. The summed E-state index contributed by atoms with van der Waals surface area (Å²) in [5.41, 5.74) is 4.64. The van der Waals surface area contributed by atoms with Gasteiger partial charge in [-0.15, -0.1) is 0 Å². The number of hydrogen-bond donors (Lipinski definition) is 1. The zero-order chi connectivity index (χ0) is 19.6. The van der Waals surface area contributed by atoms with E-state index in [1.807, 2.05) is 30.3 Å². The van der Waals surface area contributed by atoms with Gasteiger partial charge in [0.2, 0.25) is 6.79 Å². The van der Waals surface area contributed by atoms with Crippen LogP contribution in [0.4, 0.5) is 0 Å². The summed E-state index contributed by atoms with van der Waals surface area (Å²) in [5, 5.41) is 3.64. The molecule has 0 aliphatic carbocycles. The van der Waals surface area contributed by atoms with Crippen molar-refractivity contribution in [2.45, 2.75) is 19.1 Å². The van der Waals surface area contributed by atoms with Crippen molar-refractivity contribution in [1.82, 2.24) is 5.32 Å². The van der Waals surface area contributed by atoms with Crippen LogP contribution in [0.5, 0.6) is 23.0 Å². The first-order valence-electron chi connectivity index (χ1n) is 9.83. The number of fused-ring (bicyclic) bond motifs is 2. The van der Waals surface area contributed by atoms with Crippen molar-refractivity contribution >= 4 is 0 Å². The zero-order valence-electron chi connectivity index (χ0n) is 16.3. The third-order valence-corrected chi connectivity index (χ3v) is 5.45. The van der Waals surface area contributed by atoms with Gasteiger partial charge in [-0.25, -0.2) is 0 Å². The van der Waals surface area contributed by atoms with Gasteiger partial charge in [0.05, 0.1) is 13.2 Å². The fraction of sp³-hybridized carbons (Fsp3) is 0.250. The molecule has 0 radical (unpaired) electrons. The highest BCUT2D eigenvalue weighted by molar-refractivity contribution is 5.56. The van der Waals surface area contributed by atoms with Crippen molar-refractivity contribution in [1.29, 1.82) is 0 Å². The third kappa shape index (κ3) is 3.38. The Labute approximate surface area is 170 Å². The number of rotatable bonds is 5. The molecule has 5 rings (SSSR count). The monoisotopic (exact) mass is 389 g/mol. The highest BCUT2D eigenvalue weighted by atomic mass is 16.7. The summed E-state index contributed by atoms with van der Waals surface area (Å²) < 4.78 is 23.1. The average molecular weight is 389 g/mol. The fourth-order valence-corrected chi connectivity index (χ4v) is 4.03. The lowest BCUT2D eigenvalue weighted by Crippen LogP contribution is -2.31. The molecule has 0 bridgehead atoms. The smallest absolute Gasteiger partial charge is 0.231 e. The lowest BCUT2D eigenvalue weighted by atomic mass is 9.89. The molecule has 148 valence electrons. The molecule has 1 atom stereocenters. The normalized spacial score (nSPS) is 16.9. The van der Waals surface area contributed by atoms with Crippen LogP contribution in [0.15, 0.2) is 60.7 Å². The molecule has 0 saturated heterocycles. The summed E-state index contributed by atoms with van der Waals surface area (Å²) >= 11 is 0. The molecule has 2 heterocycles.